The number of rotatable bonds is 4. The summed E-state index contributed by atoms with van der Waals surface area (Å²) in [5.41, 5.74) is 5.41. The molecule has 3 aromatic carbocycles. The Balaban J connectivity index is 1.45. The molecule has 1 aliphatic heterocycles. The topological polar surface area (TPSA) is 75.7 Å². The van der Waals surface area contributed by atoms with Gasteiger partial charge in [0, 0.05) is 0 Å². The van der Waals surface area contributed by atoms with Crippen LogP contribution in [-0.4, -0.2) is 17.8 Å². The smallest absolute Gasteiger partial charge is 0.343 e. The first-order valence-corrected chi connectivity index (χ1v) is 10.6. The first-order chi connectivity index (χ1) is 15.7. The van der Waals surface area contributed by atoms with E-state index in [-0.39, 0.29) is 11.0 Å². The van der Waals surface area contributed by atoms with Crippen molar-refractivity contribution in [1.29, 1.82) is 0 Å². The fraction of sp³-hybridized carbons (Fsp3) is 0.148. The number of carbonyl (C=O) groups excluding carboxylic acids is 3. The summed E-state index contributed by atoms with van der Waals surface area (Å²) in [6, 6.07) is 22.9. The second kappa shape index (κ2) is 8.74. The Bertz CT molecular complexity index is 1220. The molecule has 1 fully saturated rings. The number of esters is 1. The Hall–Kier alpha value is -4.19. The van der Waals surface area contributed by atoms with Crippen LogP contribution in [0.1, 0.15) is 42.3 Å². The standard InChI is InChI=1S/C27H24N2O4/c1-27(2,3)20-13-11-19(12-14-20)26(32)33-22-15-9-18(10-16-22)17-23-24(30)28-29(25(23)31)21-7-5-4-6-8-21/h4-17H,1-3H3,(H,28,30). The predicted octanol–water partition coefficient (Wildman–Crippen LogP) is 4.66. The summed E-state index contributed by atoms with van der Waals surface area (Å²) in [5.74, 6) is -0.987. The van der Waals surface area contributed by atoms with Crippen molar-refractivity contribution in [3.05, 3.63) is 101 Å². The second-order valence-corrected chi connectivity index (χ2v) is 8.76. The van der Waals surface area contributed by atoms with E-state index in [2.05, 4.69) is 26.2 Å². The fourth-order valence-corrected chi connectivity index (χ4v) is 3.39. The van der Waals surface area contributed by atoms with Crippen LogP contribution < -0.4 is 15.2 Å². The first kappa shape index (κ1) is 22.0. The Morgan fingerprint density at radius 1 is 0.879 bits per heavy atom. The number of hydrogen-bond acceptors (Lipinski definition) is 4. The molecule has 0 spiro atoms. The first-order valence-electron chi connectivity index (χ1n) is 10.6. The lowest BCUT2D eigenvalue weighted by Crippen LogP contribution is -2.35. The van der Waals surface area contributed by atoms with Gasteiger partial charge in [0.05, 0.1) is 11.3 Å². The number of ether oxygens (including phenoxy) is 1. The molecule has 1 aliphatic rings. The zero-order valence-electron chi connectivity index (χ0n) is 18.7. The summed E-state index contributed by atoms with van der Waals surface area (Å²) in [4.78, 5) is 37.5. The summed E-state index contributed by atoms with van der Waals surface area (Å²) >= 11 is 0. The summed E-state index contributed by atoms with van der Waals surface area (Å²) < 4.78 is 5.45. The van der Waals surface area contributed by atoms with Crippen molar-refractivity contribution in [3.8, 4) is 5.75 Å². The number of hydrogen-bond donors (Lipinski definition) is 1. The van der Waals surface area contributed by atoms with Crippen LogP contribution in [0.2, 0.25) is 0 Å². The van der Waals surface area contributed by atoms with Crippen LogP contribution in [0.3, 0.4) is 0 Å². The maximum absolute atomic E-state index is 12.7. The Kier molecular flexibility index (Phi) is 5.84. The van der Waals surface area contributed by atoms with Gasteiger partial charge >= 0.3 is 5.97 Å². The van der Waals surface area contributed by atoms with Gasteiger partial charge in [-0.15, -0.1) is 0 Å². The minimum atomic E-state index is -0.474. The number of anilines is 1. The van der Waals surface area contributed by atoms with Gasteiger partial charge in [-0.05, 0) is 59.0 Å². The minimum absolute atomic E-state index is 0.00249. The molecular formula is C27H24N2O4. The Morgan fingerprint density at radius 2 is 1.52 bits per heavy atom. The molecule has 0 aromatic heterocycles. The summed E-state index contributed by atoms with van der Waals surface area (Å²) in [7, 11) is 0. The number of carbonyl (C=O) groups is 3. The third kappa shape index (κ3) is 4.85. The molecule has 0 atom stereocenters. The summed E-state index contributed by atoms with van der Waals surface area (Å²) in [6.07, 6.45) is 1.51. The molecule has 33 heavy (non-hydrogen) atoms. The molecule has 0 bridgehead atoms. The minimum Gasteiger partial charge on any atom is -0.423 e. The number of nitrogens with zero attached hydrogens (tertiary/aromatic N) is 1. The van der Waals surface area contributed by atoms with Crippen molar-refractivity contribution in [1.82, 2.24) is 5.43 Å². The molecule has 1 heterocycles. The van der Waals surface area contributed by atoms with E-state index < -0.39 is 17.8 Å². The third-order valence-corrected chi connectivity index (χ3v) is 5.29. The van der Waals surface area contributed by atoms with Crippen molar-refractivity contribution in [3.63, 3.8) is 0 Å². The number of para-hydroxylation sites is 1. The number of hydrazine groups is 1. The molecule has 3 aromatic rings. The molecule has 1 N–H and O–H groups in total. The van der Waals surface area contributed by atoms with Crippen molar-refractivity contribution < 1.29 is 19.1 Å². The van der Waals surface area contributed by atoms with E-state index >= 15 is 0 Å². The van der Waals surface area contributed by atoms with Crippen LogP contribution in [0.5, 0.6) is 5.75 Å². The number of benzene rings is 3. The highest BCUT2D eigenvalue weighted by atomic mass is 16.5. The molecular weight excluding hydrogens is 416 g/mol. The molecule has 6 nitrogen and oxygen atoms in total. The van der Waals surface area contributed by atoms with Gasteiger partial charge in [0.25, 0.3) is 11.8 Å². The SMILES string of the molecule is CC(C)(C)c1ccc(C(=O)Oc2ccc(C=C3C(=O)NN(c4ccccc4)C3=O)cc2)cc1. The van der Waals surface area contributed by atoms with E-state index in [1.54, 1.807) is 60.7 Å². The highest BCUT2D eigenvalue weighted by Gasteiger charge is 2.34. The normalized spacial score (nSPS) is 15.0. The van der Waals surface area contributed by atoms with E-state index in [1.807, 2.05) is 18.2 Å². The molecule has 0 radical (unpaired) electrons. The lowest BCUT2D eigenvalue weighted by molar-refractivity contribution is -0.117. The van der Waals surface area contributed by atoms with Crippen molar-refractivity contribution in [2.45, 2.75) is 26.2 Å². The second-order valence-electron chi connectivity index (χ2n) is 8.76. The van der Waals surface area contributed by atoms with Crippen LogP contribution in [0, 0.1) is 0 Å². The van der Waals surface area contributed by atoms with Crippen LogP contribution in [0.4, 0.5) is 5.69 Å². The lowest BCUT2D eigenvalue weighted by Gasteiger charge is -2.18. The average Bonchev–Trinajstić information content (AvgIpc) is 3.08. The van der Waals surface area contributed by atoms with Gasteiger partial charge in [0.2, 0.25) is 0 Å². The Morgan fingerprint density at radius 3 is 2.12 bits per heavy atom. The Labute approximate surface area is 192 Å². The molecule has 2 amide bonds. The van der Waals surface area contributed by atoms with E-state index in [9.17, 15) is 14.4 Å². The maximum atomic E-state index is 12.7. The van der Waals surface area contributed by atoms with E-state index in [4.69, 9.17) is 4.74 Å². The maximum Gasteiger partial charge on any atom is 0.343 e. The highest BCUT2D eigenvalue weighted by Crippen LogP contribution is 2.24. The van der Waals surface area contributed by atoms with Crippen molar-refractivity contribution >= 4 is 29.5 Å². The number of amides is 2. The van der Waals surface area contributed by atoms with Gasteiger partial charge in [0.15, 0.2) is 0 Å². The van der Waals surface area contributed by atoms with Gasteiger partial charge in [-0.3, -0.25) is 15.0 Å². The van der Waals surface area contributed by atoms with Gasteiger partial charge < -0.3 is 4.74 Å². The lowest BCUT2D eigenvalue weighted by atomic mass is 9.87. The van der Waals surface area contributed by atoms with Crippen LogP contribution in [-0.2, 0) is 15.0 Å². The molecule has 1 saturated heterocycles. The quantitative estimate of drug-likeness (QED) is 0.277. The van der Waals surface area contributed by atoms with Crippen LogP contribution in [0.25, 0.3) is 6.08 Å². The molecule has 0 aliphatic carbocycles. The van der Waals surface area contributed by atoms with Crippen molar-refractivity contribution in [2.75, 3.05) is 5.01 Å². The largest absolute Gasteiger partial charge is 0.423 e. The predicted molar refractivity (Wildman–Crippen MR) is 127 cm³/mol. The molecule has 166 valence electrons. The number of nitrogens with one attached hydrogen (secondary N) is 1. The zero-order chi connectivity index (χ0) is 23.6. The summed E-state index contributed by atoms with van der Waals surface area (Å²) in [6.45, 7) is 6.33. The molecule has 6 heteroatoms. The van der Waals surface area contributed by atoms with Crippen molar-refractivity contribution in [2.24, 2.45) is 0 Å². The fourth-order valence-electron chi connectivity index (χ4n) is 3.39. The van der Waals surface area contributed by atoms with Gasteiger partial charge in [-0.25, -0.2) is 9.80 Å². The van der Waals surface area contributed by atoms with Crippen LogP contribution >= 0.6 is 0 Å². The van der Waals surface area contributed by atoms with Gasteiger partial charge in [0.1, 0.15) is 11.3 Å². The molecule has 0 saturated carbocycles. The van der Waals surface area contributed by atoms with E-state index in [0.29, 0.717) is 22.6 Å². The van der Waals surface area contributed by atoms with Gasteiger partial charge in [-0.1, -0.05) is 63.2 Å². The van der Waals surface area contributed by atoms with Gasteiger partial charge in [-0.2, -0.15) is 0 Å². The molecule has 4 rings (SSSR count). The average molecular weight is 440 g/mol. The third-order valence-electron chi connectivity index (χ3n) is 5.29. The van der Waals surface area contributed by atoms with Crippen LogP contribution in [0.15, 0.2) is 84.4 Å². The van der Waals surface area contributed by atoms with E-state index in [1.165, 1.54) is 11.1 Å². The highest BCUT2D eigenvalue weighted by molar-refractivity contribution is 6.31. The zero-order valence-corrected chi connectivity index (χ0v) is 18.7. The molecule has 0 unspecified atom stereocenters. The van der Waals surface area contributed by atoms with E-state index in [0.717, 1.165) is 5.56 Å². The summed E-state index contributed by atoms with van der Waals surface area (Å²) in [5, 5.41) is 1.22. The monoisotopic (exact) mass is 440 g/mol.